The molecule has 2 heterocycles. The van der Waals surface area contributed by atoms with Gasteiger partial charge in [-0.05, 0) is 50.1 Å². The lowest BCUT2D eigenvalue weighted by atomic mass is 9.85. The number of imidazole rings is 1. The van der Waals surface area contributed by atoms with E-state index in [9.17, 15) is 9.59 Å². The van der Waals surface area contributed by atoms with Gasteiger partial charge in [0.05, 0.1) is 15.9 Å². The lowest BCUT2D eigenvalue weighted by molar-refractivity contribution is -0.116. The van der Waals surface area contributed by atoms with Crippen LogP contribution in [0.1, 0.15) is 58.4 Å². The number of benzene rings is 1. The molecule has 5 nitrogen and oxygen atoms in total. The molecular formula is C20H21N3O2S. The monoisotopic (exact) mass is 367 g/mol. The van der Waals surface area contributed by atoms with Gasteiger partial charge in [0.2, 0.25) is 5.91 Å². The molecule has 2 N–H and O–H groups in total. The molecule has 0 saturated heterocycles. The molecular weight excluding hydrogens is 346 g/mol. The molecule has 1 amide bonds. The Bertz CT molecular complexity index is 969. The summed E-state index contributed by atoms with van der Waals surface area (Å²) >= 11 is 1.47. The molecule has 1 fully saturated rings. The zero-order valence-corrected chi connectivity index (χ0v) is 15.5. The number of H-pyrrole nitrogens is 1. The minimum atomic E-state index is -0.148. The molecule has 0 aliphatic heterocycles. The fourth-order valence-corrected chi connectivity index (χ4v) is 3.98. The van der Waals surface area contributed by atoms with Crippen molar-refractivity contribution in [3.05, 3.63) is 45.9 Å². The van der Waals surface area contributed by atoms with Gasteiger partial charge in [-0.25, -0.2) is 4.98 Å². The Kier molecular flexibility index (Phi) is 4.59. The molecule has 1 aliphatic carbocycles. The number of amides is 1. The van der Waals surface area contributed by atoms with Crippen LogP contribution in [0.25, 0.3) is 11.0 Å². The number of hydrogen-bond acceptors (Lipinski definition) is 4. The summed E-state index contributed by atoms with van der Waals surface area (Å²) in [6.07, 6.45) is 4.07. The minimum Gasteiger partial charge on any atom is -0.342 e. The van der Waals surface area contributed by atoms with E-state index in [1.807, 2.05) is 37.3 Å². The minimum absolute atomic E-state index is 0.0208. The van der Waals surface area contributed by atoms with Gasteiger partial charge in [-0.2, -0.15) is 0 Å². The van der Waals surface area contributed by atoms with E-state index >= 15 is 0 Å². The third-order valence-corrected chi connectivity index (χ3v) is 5.91. The van der Waals surface area contributed by atoms with Crippen molar-refractivity contribution >= 4 is 39.7 Å². The second-order valence-corrected chi connectivity index (χ2v) is 8.15. The zero-order chi connectivity index (χ0) is 18.1. The van der Waals surface area contributed by atoms with Crippen molar-refractivity contribution in [2.24, 2.45) is 0 Å². The number of aromatic nitrogens is 2. The fraction of sp³-hybridized carbons (Fsp3) is 0.350. The number of hydrogen-bond donors (Lipinski definition) is 2. The van der Waals surface area contributed by atoms with Gasteiger partial charge in [0, 0.05) is 29.3 Å². The summed E-state index contributed by atoms with van der Waals surface area (Å²) in [5.41, 5.74) is 2.59. The van der Waals surface area contributed by atoms with Gasteiger partial charge in [-0.3, -0.25) is 9.59 Å². The number of thiophene rings is 1. The largest absolute Gasteiger partial charge is 0.342 e. The van der Waals surface area contributed by atoms with E-state index in [-0.39, 0.29) is 24.5 Å². The number of carbonyl (C=O) groups excluding carboxylic acids is 2. The standard InChI is InChI=1S/C20H21N3O2S/c1-12-5-9-18(26-12)17(24)8-10-19(25)21-14-6-7-15-16(11-14)23-20(22-15)13-3-2-4-13/h5-7,9,11,13H,2-4,8,10H2,1H3,(H,21,25)(H,22,23). The number of carbonyl (C=O) groups is 2. The number of aryl methyl sites for hydroxylation is 1. The molecule has 0 radical (unpaired) electrons. The third-order valence-electron chi connectivity index (χ3n) is 4.87. The van der Waals surface area contributed by atoms with Crippen LogP contribution in [0.4, 0.5) is 5.69 Å². The number of aromatic amines is 1. The number of nitrogens with one attached hydrogen (secondary N) is 2. The van der Waals surface area contributed by atoms with Crippen molar-refractivity contribution in [1.29, 1.82) is 0 Å². The van der Waals surface area contributed by atoms with Crippen LogP contribution in [-0.2, 0) is 4.79 Å². The van der Waals surface area contributed by atoms with Crippen molar-refractivity contribution in [2.75, 3.05) is 5.32 Å². The van der Waals surface area contributed by atoms with Gasteiger partial charge < -0.3 is 10.3 Å². The summed E-state index contributed by atoms with van der Waals surface area (Å²) in [4.78, 5) is 34.1. The zero-order valence-electron chi connectivity index (χ0n) is 14.7. The topological polar surface area (TPSA) is 74.8 Å². The maximum absolute atomic E-state index is 12.2. The number of rotatable bonds is 6. The summed E-state index contributed by atoms with van der Waals surface area (Å²) in [5.74, 6) is 1.47. The van der Waals surface area contributed by atoms with Crippen LogP contribution >= 0.6 is 11.3 Å². The number of nitrogens with zero attached hydrogens (tertiary/aromatic N) is 1. The Labute approximate surface area is 155 Å². The van der Waals surface area contributed by atoms with Crippen molar-refractivity contribution in [3.63, 3.8) is 0 Å². The van der Waals surface area contributed by atoms with E-state index in [0.717, 1.165) is 32.3 Å². The summed E-state index contributed by atoms with van der Waals surface area (Å²) in [7, 11) is 0. The molecule has 2 aromatic heterocycles. The maximum atomic E-state index is 12.2. The number of anilines is 1. The predicted molar refractivity (Wildman–Crippen MR) is 104 cm³/mol. The van der Waals surface area contributed by atoms with E-state index in [1.165, 1.54) is 30.6 Å². The van der Waals surface area contributed by atoms with Crippen LogP contribution < -0.4 is 5.32 Å². The van der Waals surface area contributed by atoms with E-state index in [2.05, 4.69) is 15.3 Å². The van der Waals surface area contributed by atoms with Crippen molar-refractivity contribution in [2.45, 2.75) is 44.9 Å². The predicted octanol–water partition coefficient (Wildman–Crippen LogP) is 4.80. The van der Waals surface area contributed by atoms with E-state index in [4.69, 9.17) is 0 Å². The van der Waals surface area contributed by atoms with E-state index < -0.39 is 0 Å². The number of fused-ring (bicyclic) bond motifs is 1. The molecule has 0 unspecified atom stereocenters. The molecule has 6 heteroatoms. The second kappa shape index (κ2) is 7.03. The molecule has 0 atom stereocenters. The summed E-state index contributed by atoms with van der Waals surface area (Å²) < 4.78 is 0. The second-order valence-electron chi connectivity index (χ2n) is 6.86. The number of Topliss-reactive ketones (excluding diaryl/α,β-unsaturated/α-hetero) is 1. The molecule has 3 aromatic rings. The van der Waals surface area contributed by atoms with Gasteiger partial charge >= 0.3 is 0 Å². The fourth-order valence-electron chi connectivity index (χ4n) is 3.14. The molecule has 1 saturated carbocycles. The normalized spacial score (nSPS) is 14.3. The van der Waals surface area contributed by atoms with Crippen LogP contribution in [0.3, 0.4) is 0 Å². The highest BCUT2D eigenvalue weighted by Gasteiger charge is 2.22. The lowest BCUT2D eigenvalue weighted by Gasteiger charge is -2.22. The molecule has 1 aliphatic rings. The first-order valence-corrected chi connectivity index (χ1v) is 9.79. The molecule has 0 spiro atoms. The highest BCUT2D eigenvalue weighted by Crippen LogP contribution is 2.35. The van der Waals surface area contributed by atoms with E-state index in [0.29, 0.717) is 5.92 Å². The maximum Gasteiger partial charge on any atom is 0.224 e. The van der Waals surface area contributed by atoms with E-state index in [1.54, 1.807) is 0 Å². The third kappa shape index (κ3) is 3.55. The van der Waals surface area contributed by atoms with Crippen molar-refractivity contribution in [1.82, 2.24) is 9.97 Å². The van der Waals surface area contributed by atoms with Crippen LogP contribution in [-0.4, -0.2) is 21.7 Å². The van der Waals surface area contributed by atoms with Gasteiger partial charge in [0.15, 0.2) is 5.78 Å². The Morgan fingerprint density at radius 2 is 2.08 bits per heavy atom. The van der Waals surface area contributed by atoms with Gasteiger partial charge in [0.25, 0.3) is 0 Å². The Morgan fingerprint density at radius 1 is 1.23 bits per heavy atom. The Morgan fingerprint density at radius 3 is 2.77 bits per heavy atom. The first kappa shape index (κ1) is 17.0. The molecule has 134 valence electrons. The summed E-state index contributed by atoms with van der Waals surface area (Å²) in [6.45, 7) is 1.97. The quantitative estimate of drug-likeness (QED) is 0.614. The average molecular weight is 367 g/mol. The first-order chi connectivity index (χ1) is 12.6. The average Bonchev–Trinajstić information content (AvgIpc) is 3.16. The highest BCUT2D eigenvalue weighted by atomic mass is 32.1. The van der Waals surface area contributed by atoms with Crippen LogP contribution in [0.2, 0.25) is 0 Å². The van der Waals surface area contributed by atoms with Gasteiger partial charge in [0.1, 0.15) is 5.82 Å². The number of ketones is 1. The van der Waals surface area contributed by atoms with Crippen LogP contribution in [0, 0.1) is 6.92 Å². The summed E-state index contributed by atoms with van der Waals surface area (Å²) in [6, 6.07) is 9.44. The van der Waals surface area contributed by atoms with Crippen molar-refractivity contribution in [3.8, 4) is 0 Å². The Hall–Kier alpha value is -2.47. The van der Waals surface area contributed by atoms with Gasteiger partial charge in [-0.1, -0.05) is 6.42 Å². The highest BCUT2D eigenvalue weighted by molar-refractivity contribution is 7.14. The van der Waals surface area contributed by atoms with Crippen LogP contribution in [0.15, 0.2) is 30.3 Å². The smallest absolute Gasteiger partial charge is 0.224 e. The van der Waals surface area contributed by atoms with Crippen LogP contribution in [0.5, 0.6) is 0 Å². The first-order valence-electron chi connectivity index (χ1n) is 8.97. The van der Waals surface area contributed by atoms with Gasteiger partial charge in [-0.15, -0.1) is 11.3 Å². The van der Waals surface area contributed by atoms with Crippen molar-refractivity contribution < 1.29 is 9.59 Å². The molecule has 1 aromatic carbocycles. The lowest BCUT2D eigenvalue weighted by Crippen LogP contribution is -2.13. The SMILES string of the molecule is Cc1ccc(C(=O)CCC(=O)Nc2ccc3nc(C4CCC4)[nH]c3c2)s1. The molecule has 4 rings (SSSR count). The summed E-state index contributed by atoms with van der Waals surface area (Å²) in [5, 5.41) is 2.88. The molecule has 26 heavy (non-hydrogen) atoms. The Balaban J connectivity index is 1.36. The molecule has 0 bridgehead atoms.